The highest BCUT2D eigenvalue weighted by Gasteiger charge is 2.29. The molecule has 0 amide bonds. The molecule has 24 heavy (non-hydrogen) atoms. The van der Waals surface area contributed by atoms with Crippen LogP contribution in [0.4, 0.5) is 4.39 Å². The molecule has 3 nitrogen and oxygen atoms in total. The van der Waals surface area contributed by atoms with E-state index in [-0.39, 0.29) is 18.0 Å². The number of thioether (sulfide) groups is 1. The van der Waals surface area contributed by atoms with Crippen molar-refractivity contribution in [3.63, 3.8) is 0 Å². The third kappa shape index (κ3) is 4.64. The van der Waals surface area contributed by atoms with Crippen LogP contribution in [-0.4, -0.2) is 54.8 Å². The summed E-state index contributed by atoms with van der Waals surface area (Å²) in [5.41, 5.74) is 0.617. The van der Waals surface area contributed by atoms with Gasteiger partial charge >= 0.3 is 0 Å². The fourth-order valence-corrected chi connectivity index (χ4v) is 4.95. The molecule has 1 aromatic carbocycles. The maximum Gasteiger partial charge on any atom is 0.129 e. The first-order chi connectivity index (χ1) is 11.6. The van der Waals surface area contributed by atoms with E-state index in [4.69, 9.17) is 16.3 Å². The van der Waals surface area contributed by atoms with Crippen molar-refractivity contribution in [1.82, 2.24) is 10.2 Å². The van der Waals surface area contributed by atoms with Crippen molar-refractivity contribution in [2.45, 2.75) is 38.0 Å². The molecule has 0 saturated carbocycles. The monoisotopic (exact) mass is 372 g/mol. The molecule has 1 N–H and O–H groups in total. The van der Waals surface area contributed by atoms with Gasteiger partial charge in [-0.1, -0.05) is 17.7 Å². The smallest absolute Gasteiger partial charge is 0.129 e. The number of hydrogen-bond donors (Lipinski definition) is 1. The molecule has 2 saturated heterocycles. The lowest BCUT2D eigenvalue weighted by Gasteiger charge is -2.39. The van der Waals surface area contributed by atoms with Gasteiger partial charge in [0, 0.05) is 36.3 Å². The molecule has 2 aliphatic heterocycles. The lowest BCUT2D eigenvalue weighted by atomic mass is 10.0. The van der Waals surface area contributed by atoms with Gasteiger partial charge < -0.3 is 10.1 Å². The highest BCUT2D eigenvalue weighted by atomic mass is 35.5. The molecule has 2 atom stereocenters. The first-order valence-electron chi connectivity index (χ1n) is 8.76. The highest BCUT2D eigenvalue weighted by Crippen LogP contribution is 2.31. The molecular formula is C18H26ClFN2OS. The van der Waals surface area contributed by atoms with Crippen molar-refractivity contribution < 1.29 is 9.13 Å². The second-order valence-corrected chi connectivity index (χ2v) is 8.25. The number of morpholine rings is 1. The quantitative estimate of drug-likeness (QED) is 0.851. The molecule has 2 fully saturated rings. The molecule has 3 rings (SSSR count). The van der Waals surface area contributed by atoms with Crippen LogP contribution in [0.15, 0.2) is 18.2 Å². The Kier molecular flexibility index (Phi) is 6.81. The molecule has 6 heteroatoms. The summed E-state index contributed by atoms with van der Waals surface area (Å²) in [5.74, 6) is 2.20. The molecule has 0 radical (unpaired) electrons. The van der Waals surface area contributed by atoms with E-state index in [9.17, 15) is 4.39 Å². The van der Waals surface area contributed by atoms with Gasteiger partial charge in [-0.2, -0.15) is 11.8 Å². The zero-order valence-electron chi connectivity index (χ0n) is 14.1. The first kappa shape index (κ1) is 18.5. The van der Waals surface area contributed by atoms with Crippen LogP contribution in [0.3, 0.4) is 0 Å². The van der Waals surface area contributed by atoms with Gasteiger partial charge in [-0.15, -0.1) is 0 Å². The van der Waals surface area contributed by atoms with E-state index >= 15 is 0 Å². The summed E-state index contributed by atoms with van der Waals surface area (Å²) in [7, 11) is 0. The van der Waals surface area contributed by atoms with Gasteiger partial charge in [0.1, 0.15) is 5.82 Å². The fourth-order valence-electron chi connectivity index (χ4n) is 3.55. The van der Waals surface area contributed by atoms with Crippen LogP contribution < -0.4 is 5.32 Å². The van der Waals surface area contributed by atoms with Crippen LogP contribution in [0.25, 0.3) is 0 Å². The largest absolute Gasteiger partial charge is 0.376 e. The maximum atomic E-state index is 14.5. The summed E-state index contributed by atoms with van der Waals surface area (Å²) < 4.78 is 20.2. The molecule has 2 unspecified atom stereocenters. The topological polar surface area (TPSA) is 24.5 Å². The van der Waals surface area contributed by atoms with Crippen LogP contribution in [-0.2, 0) is 4.74 Å². The third-order valence-electron chi connectivity index (χ3n) is 4.87. The summed E-state index contributed by atoms with van der Waals surface area (Å²) in [5, 5.41) is 4.18. The summed E-state index contributed by atoms with van der Waals surface area (Å²) in [6.45, 7) is 5.09. The number of halogens is 2. The van der Waals surface area contributed by atoms with Crippen LogP contribution in [0.5, 0.6) is 0 Å². The average Bonchev–Trinajstić information content (AvgIpc) is 2.58. The maximum absolute atomic E-state index is 14.5. The second-order valence-electron chi connectivity index (χ2n) is 6.62. The minimum atomic E-state index is -0.215. The first-order valence-corrected chi connectivity index (χ1v) is 10.3. The van der Waals surface area contributed by atoms with Gasteiger partial charge in [-0.3, -0.25) is 4.90 Å². The van der Waals surface area contributed by atoms with Gasteiger partial charge in [0.15, 0.2) is 0 Å². The summed E-state index contributed by atoms with van der Waals surface area (Å²) in [6.07, 6.45) is 2.53. The van der Waals surface area contributed by atoms with E-state index in [1.807, 2.05) is 11.8 Å². The zero-order valence-corrected chi connectivity index (χ0v) is 15.7. The molecule has 0 aliphatic carbocycles. The number of benzene rings is 1. The van der Waals surface area contributed by atoms with Crippen molar-refractivity contribution in [1.29, 1.82) is 0 Å². The Hall–Kier alpha value is -0.330. The van der Waals surface area contributed by atoms with Crippen LogP contribution in [0.1, 0.15) is 31.4 Å². The van der Waals surface area contributed by atoms with E-state index in [1.54, 1.807) is 12.1 Å². The van der Waals surface area contributed by atoms with Gasteiger partial charge in [-0.25, -0.2) is 4.39 Å². The fraction of sp³-hybridized carbons (Fsp3) is 0.667. The third-order valence-corrected chi connectivity index (χ3v) is 6.25. The van der Waals surface area contributed by atoms with Crippen molar-refractivity contribution in [2.75, 3.05) is 37.7 Å². The minimum absolute atomic E-state index is 0.0559. The molecular weight excluding hydrogens is 347 g/mol. The Labute approximate surface area is 153 Å². The Balaban J connectivity index is 1.77. The molecule has 2 heterocycles. The number of hydrogen-bond acceptors (Lipinski definition) is 4. The summed E-state index contributed by atoms with van der Waals surface area (Å²) in [6, 6.07) is 5.44. The number of ether oxygens (including phenoxy) is 1. The molecule has 2 aliphatic rings. The average molecular weight is 373 g/mol. The van der Waals surface area contributed by atoms with E-state index in [0.717, 1.165) is 19.6 Å². The summed E-state index contributed by atoms with van der Waals surface area (Å²) >= 11 is 8.39. The van der Waals surface area contributed by atoms with Crippen molar-refractivity contribution in [2.24, 2.45) is 0 Å². The molecule has 1 aromatic rings. The van der Waals surface area contributed by atoms with Gasteiger partial charge in [0.25, 0.3) is 0 Å². The molecule has 134 valence electrons. The van der Waals surface area contributed by atoms with Crippen LogP contribution >= 0.6 is 23.4 Å². The lowest BCUT2D eigenvalue weighted by molar-refractivity contribution is -0.0352. The Morgan fingerprint density at radius 1 is 1.42 bits per heavy atom. The van der Waals surface area contributed by atoms with E-state index in [2.05, 4.69) is 17.1 Å². The van der Waals surface area contributed by atoms with Gasteiger partial charge in [-0.05, 0) is 43.4 Å². The lowest BCUT2D eigenvalue weighted by Crippen LogP contribution is -2.47. The molecule has 0 bridgehead atoms. The molecule has 0 aromatic heterocycles. The predicted molar refractivity (Wildman–Crippen MR) is 99.5 cm³/mol. The predicted octanol–water partition coefficient (Wildman–Crippen LogP) is 3.73. The second kappa shape index (κ2) is 8.86. The molecule has 0 spiro atoms. The van der Waals surface area contributed by atoms with Crippen molar-refractivity contribution in [3.8, 4) is 0 Å². The van der Waals surface area contributed by atoms with E-state index in [1.165, 1.54) is 30.4 Å². The van der Waals surface area contributed by atoms with Crippen LogP contribution in [0, 0.1) is 5.82 Å². The minimum Gasteiger partial charge on any atom is -0.376 e. The Bertz CT molecular complexity index is 522. The van der Waals surface area contributed by atoms with E-state index in [0.29, 0.717) is 23.2 Å². The Morgan fingerprint density at radius 2 is 2.21 bits per heavy atom. The van der Waals surface area contributed by atoms with E-state index < -0.39 is 0 Å². The van der Waals surface area contributed by atoms with Gasteiger partial charge in [0.05, 0.1) is 18.8 Å². The standard InChI is InChI=1S/C18H26ClFN2OS/c1-13-12-22(7-8-23-13)17(11-21-14-5-9-24-10-6-14)18-15(19)3-2-4-16(18)20/h2-4,13-14,17,21H,5-12H2,1H3. The normalized spacial score (nSPS) is 24.9. The van der Waals surface area contributed by atoms with Crippen LogP contribution in [0.2, 0.25) is 5.02 Å². The Morgan fingerprint density at radius 3 is 2.92 bits per heavy atom. The zero-order chi connectivity index (χ0) is 16.9. The SMILES string of the molecule is CC1CN(C(CNC2CCSCC2)c2c(F)cccc2Cl)CCO1. The van der Waals surface area contributed by atoms with Gasteiger partial charge in [0.2, 0.25) is 0 Å². The number of nitrogens with one attached hydrogen (secondary N) is 1. The highest BCUT2D eigenvalue weighted by molar-refractivity contribution is 7.99. The summed E-state index contributed by atoms with van der Waals surface area (Å²) in [4.78, 5) is 2.31. The number of nitrogens with zero attached hydrogens (tertiary/aromatic N) is 1. The van der Waals surface area contributed by atoms with Crippen molar-refractivity contribution >= 4 is 23.4 Å². The van der Waals surface area contributed by atoms with Crippen molar-refractivity contribution in [3.05, 3.63) is 34.6 Å². The number of rotatable bonds is 5.